The van der Waals surface area contributed by atoms with Crippen molar-refractivity contribution in [2.75, 3.05) is 5.32 Å². The fourth-order valence-corrected chi connectivity index (χ4v) is 2.26. The molecule has 96 valence electrons. The zero-order chi connectivity index (χ0) is 13.1. The van der Waals surface area contributed by atoms with Crippen LogP contribution in [-0.2, 0) is 10.2 Å². The number of carbonyl (C=O) groups excluding carboxylic acids is 1. The molecular formula is C12H21N3OS. The number of thiazole rings is 1. The summed E-state index contributed by atoms with van der Waals surface area (Å²) in [6.07, 6.45) is 1.60. The molecule has 0 aliphatic rings. The third-order valence-corrected chi connectivity index (χ3v) is 3.20. The summed E-state index contributed by atoms with van der Waals surface area (Å²) >= 11 is 1.44. The Morgan fingerprint density at radius 1 is 1.59 bits per heavy atom. The zero-order valence-corrected chi connectivity index (χ0v) is 11.7. The molecule has 0 bridgehead atoms. The minimum absolute atomic E-state index is 0.00497. The van der Waals surface area contributed by atoms with Gasteiger partial charge in [-0.2, -0.15) is 0 Å². The molecule has 1 rings (SSSR count). The third-order valence-electron chi connectivity index (χ3n) is 2.44. The van der Waals surface area contributed by atoms with Gasteiger partial charge in [-0.3, -0.25) is 4.79 Å². The number of nitrogens with zero attached hydrogens (tertiary/aromatic N) is 1. The van der Waals surface area contributed by atoms with Crippen molar-refractivity contribution in [1.82, 2.24) is 4.98 Å². The number of nitrogens with two attached hydrogens (primary N) is 1. The normalized spacial score (nSPS) is 13.5. The molecule has 1 heterocycles. The van der Waals surface area contributed by atoms with Gasteiger partial charge in [0.25, 0.3) is 0 Å². The van der Waals surface area contributed by atoms with Crippen LogP contribution in [0, 0.1) is 0 Å². The Balaban J connectivity index is 2.64. The van der Waals surface area contributed by atoms with Gasteiger partial charge >= 0.3 is 0 Å². The average molecular weight is 255 g/mol. The number of hydrogen-bond donors (Lipinski definition) is 2. The fraction of sp³-hybridized carbons (Fsp3) is 0.667. The van der Waals surface area contributed by atoms with Crippen LogP contribution in [0.2, 0.25) is 0 Å². The number of hydrogen-bond acceptors (Lipinski definition) is 4. The van der Waals surface area contributed by atoms with Gasteiger partial charge in [0, 0.05) is 10.8 Å². The molecule has 0 saturated carbocycles. The second-order valence-electron chi connectivity index (χ2n) is 5.17. The van der Waals surface area contributed by atoms with E-state index in [1.165, 1.54) is 11.3 Å². The predicted octanol–water partition coefficient (Wildman–Crippen LogP) is 2.51. The van der Waals surface area contributed by atoms with Crippen molar-refractivity contribution in [2.45, 2.75) is 52.0 Å². The van der Waals surface area contributed by atoms with E-state index in [9.17, 15) is 4.79 Å². The summed E-state index contributed by atoms with van der Waals surface area (Å²) in [6, 6.07) is -0.443. The van der Waals surface area contributed by atoms with Crippen molar-refractivity contribution in [3.05, 3.63) is 11.1 Å². The third kappa shape index (κ3) is 4.09. The van der Waals surface area contributed by atoms with Crippen LogP contribution in [0.5, 0.6) is 0 Å². The van der Waals surface area contributed by atoms with Crippen LogP contribution < -0.4 is 11.1 Å². The molecule has 0 aliphatic heterocycles. The molecule has 0 unspecified atom stereocenters. The summed E-state index contributed by atoms with van der Waals surface area (Å²) in [6.45, 7) is 8.29. The number of rotatable bonds is 4. The first kappa shape index (κ1) is 14.1. The van der Waals surface area contributed by atoms with Gasteiger partial charge in [-0.25, -0.2) is 4.98 Å². The lowest BCUT2D eigenvalue weighted by atomic mass is 9.93. The first-order valence-electron chi connectivity index (χ1n) is 5.87. The van der Waals surface area contributed by atoms with Gasteiger partial charge in [-0.05, 0) is 6.42 Å². The van der Waals surface area contributed by atoms with Crippen molar-refractivity contribution in [1.29, 1.82) is 0 Å². The molecular weight excluding hydrogens is 234 g/mol. The lowest BCUT2D eigenvalue weighted by molar-refractivity contribution is -0.117. The first-order chi connectivity index (χ1) is 7.84. The molecule has 3 N–H and O–H groups in total. The topological polar surface area (TPSA) is 68.0 Å². The molecule has 1 amide bonds. The molecule has 1 aromatic heterocycles. The van der Waals surface area contributed by atoms with Gasteiger partial charge in [-0.1, -0.05) is 34.1 Å². The van der Waals surface area contributed by atoms with Crippen molar-refractivity contribution >= 4 is 22.4 Å². The molecule has 5 heteroatoms. The molecule has 17 heavy (non-hydrogen) atoms. The quantitative estimate of drug-likeness (QED) is 0.868. The van der Waals surface area contributed by atoms with Crippen LogP contribution in [0.25, 0.3) is 0 Å². The highest BCUT2D eigenvalue weighted by molar-refractivity contribution is 7.13. The highest BCUT2D eigenvalue weighted by Crippen LogP contribution is 2.26. The van der Waals surface area contributed by atoms with E-state index in [1.54, 1.807) is 0 Å². The first-order valence-corrected chi connectivity index (χ1v) is 6.75. The Bertz CT molecular complexity index is 381. The largest absolute Gasteiger partial charge is 0.320 e. The molecule has 0 aliphatic carbocycles. The van der Waals surface area contributed by atoms with Gasteiger partial charge in [0.2, 0.25) is 5.91 Å². The van der Waals surface area contributed by atoms with Crippen LogP contribution in [0.3, 0.4) is 0 Å². The van der Waals surface area contributed by atoms with Crippen LogP contribution >= 0.6 is 11.3 Å². The van der Waals surface area contributed by atoms with Crippen molar-refractivity contribution in [2.24, 2.45) is 5.73 Å². The molecule has 0 radical (unpaired) electrons. The maximum absolute atomic E-state index is 11.7. The number of amides is 1. The van der Waals surface area contributed by atoms with E-state index in [0.29, 0.717) is 11.6 Å². The minimum atomic E-state index is -0.443. The summed E-state index contributed by atoms with van der Waals surface area (Å²) in [4.78, 5) is 16.1. The number of nitrogens with one attached hydrogen (secondary N) is 1. The van der Waals surface area contributed by atoms with E-state index >= 15 is 0 Å². The maximum Gasteiger partial charge on any atom is 0.243 e. The summed E-state index contributed by atoms with van der Waals surface area (Å²) in [5, 5.41) is 5.37. The van der Waals surface area contributed by atoms with E-state index in [-0.39, 0.29) is 11.3 Å². The van der Waals surface area contributed by atoms with Crippen LogP contribution in [0.4, 0.5) is 5.13 Å². The minimum Gasteiger partial charge on any atom is -0.320 e. The Morgan fingerprint density at radius 2 is 2.24 bits per heavy atom. The van der Waals surface area contributed by atoms with Crippen molar-refractivity contribution < 1.29 is 4.79 Å². The predicted molar refractivity (Wildman–Crippen MR) is 72.3 cm³/mol. The standard InChI is InChI=1S/C12H21N3OS/c1-5-6-8(13)10(16)15-11-14-9(7-17-11)12(2,3)4/h7-8H,5-6,13H2,1-4H3,(H,14,15,16)/t8-/m1/s1. The molecule has 0 saturated heterocycles. The highest BCUT2D eigenvalue weighted by atomic mass is 32.1. The zero-order valence-electron chi connectivity index (χ0n) is 10.9. The number of anilines is 1. The second-order valence-corrected chi connectivity index (χ2v) is 6.03. The summed E-state index contributed by atoms with van der Waals surface area (Å²) in [7, 11) is 0. The van der Waals surface area contributed by atoms with E-state index in [4.69, 9.17) is 5.73 Å². The van der Waals surface area contributed by atoms with E-state index in [1.807, 2.05) is 12.3 Å². The van der Waals surface area contributed by atoms with Crippen molar-refractivity contribution in [3.8, 4) is 0 Å². The lowest BCUT2D eigenvalue weighted by Gasteiger charge is -2.14. The Labute approximate surface area is 107 Å². The van der Waals surface area contributed by atoms with Gasteiger partial charge in [0.05, 0.1) is 11.7 Å². The number of aromatic nitrogens is 1. The van der Waals surface area contributed by atoms with E-state index in [2.05, 4.69) is 31.1 Å². The maximum atomic E-state index is 11.7. The van der Waals surface area contributed by atoms with E-state index < -0.39 is 6.04 Å². The highest BCUT2D eigenvalue weighted by Gasteiger charge is 2.19. The van der Waals surface area contributed by atoms with Gasteiger partial charge in [0.1, 0.15) is 0 Å². The summed E-state index contributed by atoms with van der Waals surface area (Å²) < 4.78 is 0. The molecule has 0 fully saturated rings. The second kappa shape index (κ2) is 5.60. The fourth-order valence-electron chi connectivity index (χ4n) is 1.32. The van der Waals surface area contributed by atoms with Crippen molar-refractivity contribution in [3.63, 3.8) is 0 Å². The van der Waals surface area contributed by atoms with Gasteiger partial charge < -0.3 is 11.1 Å². The molecule has 0 aromatic carbocycles. The lowest BCUT2D eigenvalue weighted by Crippen LogP contribution is -2.35. The molecule has 4 nitrogen and oxygen atoms in total. The molecule has 1 aromatic rings. The SMILES string of the molecule is CCC[C@@H](N)C(=O)Nc1nc(C(C)(C)C)cs1. The Hall–Kier alpha value is -0.940. The average Bonchev–Trinajstić information content (AvgIpc) is 2.66. The monoisotopic (exact) mass is 255 g/mol. The van der Waals surface area contributed by atoms with Gasteiger partial charge in [0.15, 0.2) is 5.13 Å². The van der Waals surface area contributed by atoms with Gasteiger partial charge in [-0.15, -0.1) is 11.3 Å². The smallest absolute Gasteiger partial charge is 0.243 e. The number of carbonyl (C=O) groups is 1. The van der Waals surface area contributed by atoms with Crippen LogP contribution in [0.1, 0.15) is 46.2 Å². The van der Waals surface area contributed by atoms with Crippen LogP contribution in [-0.4, -0.2) is 16.9 Å². The Kier molecular flexibility index (Phi) is 4.65. The molecule has 1 atom stereocenters. The summed E-state index contributed by atoms with van der Waals surface area (Å²) in [5.74, 6) is -0.151. The van der Waals surface area contributed by atoms with E-state index in [0.717, 1.165) is 12.1 Å². The molecule has 0 spiro atoms. The Morgan fingerprint density at radius 3 is 2.71 bits per heavy atom. The summed E-state index contributed by atoms with van der Waals surface area (Å²) in [5.41, 5.74) is 6.73. The van der Waals surface area contributed by atoms with Crippen LogP contribution in [0.15, 0.2) is 5.38 Å².